The molecule has 1 aromatic heterocycles. The van der Waals surface area contributed by atoms with Crippen LogP contribution in [0.3, 0.4) is 0 Å². The molecule has 58 valence electrons. The van der Waals surface area contributed by atoms with Gasteiger partial charge in [0.15, 0.2) is 0 Å². The molecule has 1 rings (SSSR count). The fraction of sp³-hybridized carbons (Fsp3) is 0. The molecule has 0 saturated heterocycles. The molecule has 0 amide bonds. The topological polar surface area (TPSA) is 95.4 Å². The van der Waals surface area contributed by atoms with Crippen molar-refractivity contribution in [2.75, 3.05) is 0 Å². The molecule has 0 aromatic carbocycles. The van der Waals surface area contributed by atoms with E-state index in [-0.39, 0.29) is 58.8 Å². The van der Waals surface area contributed by atoms with E-state index in [9.17, 15) is 4.57 Å². The zero-order valence-electron chi connectivity index (χ0n) is 6.76. The van der Waals surface area contributed by atoms with Crippen LogP contribution in [0.15, 0.2) is 12.4 Å². The third-order valence-electron chi connectivity index (χ3n) is 0.679. The summed E-state index contributed by atoms with van der Waals surface area (Å²) in [4.78, 5) is 22.2. The summed E-state index contributed by atoms with van der Waals surface area (Å²) in [5.41, 5.74) is 0. The first-order valence-corrected chi connectivity index (χ1v) is 3.85. The van der Waals surface area contributed by atoms with E-state index in [0.29, 0.717) is 0 Å². The minimum Gasteiger partial charge on any atom is -1.00 e. The van der Waals surface area contributed by atoms with Crippen LogP contribution in [-0.4, -0.2) is 19.8 Å². The Bertz CT molecular complexity index is 249. The Hall–Kier alpha value is 0.796. The van der Waals surface area contributed by atoms with E-state index >= 15 is 0 Å². The van der Waals surface area contributed by atoms with Gasteiger partial charge in [-0.1, -0.05) is 0 Å². The van der Waals surface area contributed by atoms with Gasteiger partial charge in [-0.3, -0.25) is 9.79 Å². The number of aromatic amines is 1. The number of hydrogen-bond acceptors (Lipinski definition) is 3. The van der Waals surface area contributed by atoms with E-state index in [1.165, 1.54) is 12.4 Å². The predicted octanol–water partition coefficient (Wildman–Crippen LogP) is -3.00. The minimum absolute atomic E-state index is 0. The summed E-state index contributed by atoms with van der Waals surface area (Å²) in [6, 6.07) is -0.187. The second-order valence-corrected chi connectivity index (χ2v) is 2.64. The summed E-state index contributed by atoms with van der Waals surface area (Å²) >= 11 is 0. The third kappa shape index (κ3) is 5.10. The van der Waals surface area contributed by atoms with Gasteiger partial charge in [0.05, 0.1) is 0 Å². The van der Waals surface area contributed by atoms with Gasteiger partial charge in [0.25, 0.3) is 0 Å². The Morgan fingerprint density at radius 2 is 2.36 bits per heavy atom. The van der Waals surface area contributed by atoms with Crippen molar-refractivity contribution >= 4 is 7.82 Å². The molecule has 0 aliphatic carbocycles. The molecule has 0 spiro atoms. The van der Waals surface area contributed by atoms with E-state index in [4.69, 9.17) is 9.79 Å². The van der Waals surface area contributed by atoms with Crippen molar-refractivity contribution in [2.24, 2.45) is 0 Å². The molecule has 8 heteroatoms. The molecule has 3 N–H and O–H groups in total. The molecule has 6 nitrogen and oxygen atoms in total. The minimum atomic E-state index is -4.45. The predicted molar refractivity (Wildman–Crippen MR) is 32.4 cm³/mol. The van der Waals surface area contributed by atoms with Crippen molar-refractivity contribution in [3.8, 4) is 6.01 Å². The Kier molecular flexibility index (Phi) is 5.08. The van der Waals surface area contributed by atoms with Crippen molar-refractivity contribution in [1.29, 1.82) is 0 Å². The Labute approximate surface area is 107 Å². The van der Waals surface area contributed by atoms with E-state index in [2.05, 4.69) is 14.5 Å². The van der Waals surface area contributed by atoms with Crippen LogP contribution in [0.25, 0.3) is 0 Å². The first kappa shape index (κ1) is 11.8. The van der Waals surface area contributed by atoms with Crippen LogP contribution in [0.4, 0.5) is 0 Å². The van der Waals surface area contributed by atoms with E-state index < -0.39 is 7.82 Å². The van der Waals surface area contributed by atoms with Gasteiger partial charge in [-0.2, -0.15) is 0 Å². The molecule has 1 aromatic rings. The van der Waals surface area contributed by atoms with Gasteiger partial charge >= 0.3 is 65.2 Å². The first-order chi connectivity index (χ1) is 4.58. The molecule has 0 aliphatic heterocycles. The van der Waals surface area contributed by atoms with E-state index in [1.807, 2.05) is 0 Å². The molecule has 0 unspecified atom stereocenters. The molecular weight excluding hydrogens is 198 g/mol. The molecule has 11 heavy (non-hydrogen) atoms. The van der Waals surface area contributed by atoms with Crippen LogP contribution in [0.1, 0.15) is 1.43 Å². The maximum Gasteiger partial charge on any atom is 1.00 e. The zero-order valence-corrected chi connectivity index (χ0v) is 9.78. The van der Waals surface area contributed by atoms with Crippen LogP contribution >= 0.6 is 7.82 Å². The number of aromatic nitrogens is 2. The maximum atomic E-state index is 10.1. The Balaban J connectivity index is 0. The number of nitrogens with one attached hydrogen (secondary N) is 1. The average Bonchev–Trinajstić information content (AvgIpc) is 2.12. The summed E-state index contributed by atoms with van der Waals surface area (Å²) in [7, 11) is -4.45. The molecule has 1 heterocycles. The van der Waals surface area contributed by atoms with Crippen LogP contribution in [0.5, 0.6) is 6.01 Å². The average molecular weight is 204 g/mol. The number of phosphoric ester groups is 1. The molecule has 0 fully saturated rings. The normalized spacial score (nSPS) is 10.4. The van der Waals surface area contributed by atoms with Crippen molar-refractivity contribution in [3.63, 3.8) is 0 Å². The van der Waals surface area contributed by atoms with Crippen molar-refractivity contribution in [2.45, 2.75) is 0 Å². The first-order valence-electron chi connectivity index (χ1n) is 2.32. The van der Waals surface area contributed by atoms with Crippen LogP contribution in [0.2, 0.25) is 0 Å². The van der Waals surface area contributed by atoms with Gasteiger partial charge in [-0.15, -0.1) is 0 Å². The van der Waals surface area contributed by atoms with Gasteiger partial charge in [-0.05, 0) is 0 Å². The van der Waals surface area contributed by atoms with Gasteiger partial charge in [0.1, 0.15) is 0 Å². The zero-order chi connectivity index (χ0) is 7.61. The van der Waals surface area contributed by atoms with Crippen LogP contribution in [0, 0.1) is 0 Å². The largest absolute Gasteiger partial charge is 1.00 e. The Morgan fingerprint density at radius 1 is 1.73 bits per heavy atom. The summed E-state index contributed by atoms with van der Waals surface area (Å²) < 4.78 is 14.2. The number of phosphoric acid groups is 1. The second-order valence-electron chi connectivity index (χ2n) is 1.48. The van der Waals surface area contributed by atoms with Gasteiger partial charge in [-0.25, -0.2) is 9.55 Å². The quantitative estimate of drug-likeness (QED) is 0.352. The SMILES string of the molecule is O=P(O)(O)Oc1ncc[nH]1.[H-].[K+]. The number of rotatable bonds is 2. The maximum absolute atomic E-state index is 10.1. The van der Waals surface area contributed by atoms with Crippen molar-refractivity contribution in [3.05, 3.63) is 12.4 Å². The standard InChI is InChI=1S/C3H5N2O4P.K.H/c6-10(7,8)9-3-4-1-2-5-3;;/h1-2H,(H,4,5)(H2,6,7,8);;/q;+1;-1. The van der Waals surface area contributed by atoms with Crippen molar-refractivity contribution in [1.82, 2.24) is 9.97 Å². The summed E-state index contributed by atoms with van der Waals surface area (Å²) in [5, 5.41) is 0. The van der Waals surface area contributed by atoms with Crippen molar-refractivity contribution < 1.29 is 71.7 Å². The number of hydrogen-bond donors (Lipinski definition) is 3. The Morgan fingerprint density at radius 3 is 2.73 bits per heavy atom. The molecule has 0 radical (unpaired) electrons. The van der Waals surface area contributed by atoms with Crippen LogP contribution in [-0.2, 0) is 4.57 Å². The number of nitrogens with zero attached hydrogens (tertiary/aromatic N) is 1. The fourth-order valence-corrected chi connectivity index (χ4v) is 0.738. The molecule has 0 bridgehead atoms. The van der Waals surface area contributed by atoms with E-state index in [0.717, 1.165) is 0 Å². The fourth-order valence-electron chi connectivity index (χ4n) is 0.413. The molecular formula is C3H6KN2O4P. The van der Waals surface area contributed by atoms with Gasteiger partial charge in [0, 0.05) is 12.4 Å². The monoisotopic (exact) mass is 204 g/mol. The van der Waals surface area contributed by atoms with Crippen LogP contribution < -0.4 is 55.9 Å². The number of H-pyrrole nitrogens is 1. The summed E-state index contributed by atoms with van der Waals surface area (Å²) in [5.74, 6) is 0. The molecule has 0 aliphatic rings. The van der Waals surface area contributed by atoms with Gasteiger partial charge in [0.2, 0.25) is 0 Å². The number of imidazole rings is 1. The summed E-state index contributed by atoms with van der Waals surface area (Å²) in [6.45, 7) is 0. The van der Waals surface area contributed by atoms with Gasteiger partial charge < -0.3 is 10.9 Å². The second kappa shape index (κ2) is 4.73. The summed E-state index contributed by atoms with van der Waals surface area (Å²) in [6.07, 6.45) is 2.72. The third-order valence-corrected chi connectivity index (χ3v) is 1.09. The smallest absolute Gasteiger partial charge is 1.00 e. The molecule has 0 atom stereocenters. The van der Waals surface area contributed by atoms with E-state index in [1.54, 1.807) is 0 Å². The molecule has 0 saturated carbocycles.